The van der Waals surface area contributed by atoms with Gasteiger partial charge in [-0.15, -0.1) is 0 Å². The van der Waals surface area contributed by atoms with Gasteiger partial charge in [-0.25, -0.2) is 8.78 Å². The van der Waals surface area contributed by atoms with Crippen LogP contribution in [0.15, 0.2) is 24.3 Å². The van der Waals surface area contributed by atoms with E-state index < -0.39 is 12.0 Å². The Morgan fingerprint density at radius 2 is 2.22 bits per heavy atom. The van der Waals surface area contributed by atoms with Crippen LogP contribution in [0.4, 0.5) is 14.5 Å². The molecule has 1 atom stereocenters. The summed E-state index contributed by atoms with van der Waals surface area (Å²) in [4.78, 5) is 1.90. The summed E-state index contributed by atoms with van der Waals surface area (Å²) in [5.41, 5.74) is 5.25. The maximum atomic E-state index is 13.0. The second-order valence-electron chi connectivity index (χ2n) is 4.76. The second-order valence-corrected chi connectivity index (χ2v) is 4.76. The molecule has 1 heterocycles. The number of hydrogen-bond donors (Lipinski definition) is 1. The number of nitrogens with zero attached hydrogens (tertiary/aromatic N) is 1. The normalized spacial score (nSPS) is 24.4. The summed E-state index contributed by atoms with van der Waals surface area (Å²) in [6.45, 7) is 0.927. The van der Waals surface area contributed by atoms with E-state index in [9.17, 15) is 8.78 Å². The summed E-state index contributed by atoms with van der Waals surface area (Å²) in [5, 5.41) is 0. The number of benzene rings is 1. The standard InChI is InChI=1S/C13H18F2N2O/c1-18-11-5-2-4-10(8-11)17-7-3-6-13(16,9-17)12(14)15/h2,4-5,8,12H,3,6-7,9,16H2,1H3. The molecule has 1 aromatic carbocycles. The number of nitrogens with two attached hydrogens (primary N) is 1. The van der Waals surface area contributed by atoms with Crippen LogP contribution in [0.1, 0.15) is 12.8 Å². The Morgan fingerprint density at radius 1 is 1.44 bits per heavy atom. The average molecular weight is 256 g/mol. The Morgan fingerprint density at radius 3 is 2.89 bits per heavy atom. The lowest BCUT2D eigenvalue weighted by Gasteiger charge is -2.40. The van der Waals surface area contributed by atoms with E-state index in [0.717, 1.165) is 18.0 Å². The van der Waals surface area contributed by atoms with E-state index in [1.54, 1.807) is 7.11 Å². The molecule has 100 valence electrons. The molecule has 1 aliphatic heterocycles. The van der Waals surface area contributed by atoms with Gasteiger partial charge in [0.1, 0.15) is 5.75 Å². The third-order valence-corrected chi connectivity index (χ3v) is 3.41. The first kappa shape index (κ1) is 13.1. The van der Waals surface area contributed by atoms with Crippen molar-refractivity contribution < 1.29 is 13.5 Å². The molecule has 0 spiro atoms. The molecule has 0 amide bonds. The molecule has 1 saturated heterocycles. The van der Waals surface area contributed by atoms with E-state index >= 15 is 0 Å². The molecular weight excluding hydrogens is 238 g/mol. The van der Waals surface area contributed by atoms with E-state index in [4.69, 9.17) is 10.5 Å². The van der Waals surface area contributed by atoms with E-state index in [0.29, 0.717) is 12.8 Å². The maximum absolute atomic E-state index is 13.0. The molecular formula is C13H18F2N2O. The van der Waals surface area contributed by atoms with Crippen LogP contribution in [0.5, 0.6) is 5.75 Å². The minimum absolute atomic E-state index is 0.178. The number of piperidine rings is 1. The van der Waals surface area contributed by atoms with E-state index in [1.165, 1.54) is 0 Å². The largest absolute Gasteiger partial charge is 0.497 e. The summed E-state index contributed by atoms with van der Waals surface area (Å²) in [6, 6.07) is 7.41. The first-order valence-corrected chi connectivity index (χ1v) is 6.01. The van der Waals surface area contributed by atoms with Crippen LogP contribution in [0.2, 0.25) is 0 Å². The van der Waals surface area contributed by atoms with Crippen molar-refractivity contribution in [2.75, 3.05) is 25.1 Å². The van der Waals surface area contributed by atoms with E-state index in [-0.39, 0.29) is 6.54 Å². The fraction of sp³-hybridized carbons (Fsp3) is 0.538. The minimum Gasteiger partial charge on any atom is -0.497 e. The van der Waals surface area contributed by atoms with Gasteiger partial charge >= 0.3 is 0 Å². The molecule has 1 aliphatic rings. The predicted molar refractivity (Wildman–Crippen MR) is 67.4 cm³/mol. The number of hydrogen-bond acceptors (Lipinski definition) is 3. The van der Waals surface area contributed by atoms with Crippen molar-refractivity contribution in [2.24, 2.45) is 5.73 Å². The number of alkyl halides is 2. The molecule has 0 aliphatic carbocycles. The van der Waals surface area contributed by atoms with Crippen LogP contribution in [-0.2, 0) is 0 Å². The van der Waals surface area contributed by atoms with Crippen molar-refractivity contribution in [3.63, 3.8) is 0 Å². The van der Waals surface area contributed by atoms with Crippen LogP contribution < -0.4 is 15.4 Å². The third kappa shape index (κ3) is 2.56. The van der Waals surface area contributed by atoms with Crippen LogP contribution in [0.3, 0.4) is 0 Å². The second kappa shape index (κ2) is 5.10. The summed E-state index contributed by atoms with van der Waals surface area (Å²) in [5.74, 6) is 0.720. The van der Waals surface area contributed by atoms with Crippen LogP contribution >= 0.6 is 0 Å². The van der Waals surface area contributed by atoms with Gasteiger partial charge in [0.05, 0.1) is 12.6 Å². The highest BCUT2D eigenvalue weighted by Gasteiger charge is 2.40. The molecule has 0 aromatic heterocycles. The maximum Gasteiger partial charge on any atom is 0.258 e. The Labute approximate surface area is 106 Å². The zero-order valence-electron chi connectivity index (χ0n) is 10.4. The van der Waals surface area contributed by atoms with Gasteiger partial charge in [0.15, 0.2) is 0 Å². The lowest BCUT2D eigenvalue weighted by Crippen LogP contribution is -2.59. The fourth-order valence-corrected chi connectivity index (χ4v) is 2.32. The number of halogens is 2. The van der Waals surface area contributed by atoms with Gasteiger partial charge in [-0.1, -0.05) is 6.07 Å². The molecule has 1 unspecified atom stereocenters. The van der Waals surface area contributed by atoms with Crippen molar-refractivity contribution in [1.82, 2.24) is 0 Å². The molecule has 2 N–H and O–H groups in total. The molecule has 3 nitrogen and oxygen atoms in total. The van der Waals surface area contributed by atoms with E-state index in [1.807, 2.05) is 29.2 Å². The van der Waals surface area contributed by atoms with Crippen LogP contribution in [0.25, 0.3) is 0 Å². The summed E-state index contributed by atoms with van der Waals surface area (Å²) in [7, 11) is 1.59. The number of anilines is 1. The highest BCUT2D eigenvalue weighted by molar-refractivity contribution is 5.51. The lowest BCUT2D eigenvalue weighted by atomic mass is 9.90. The van der Waals surface area contributed by atoms with Crippen molar-refractivity contribution in [3.8, 4) is 5.75 Å². The molecule has 18 heavy (non-hydrogen) atoms. The smallest absolute Gasteiger partial charge is 0.258 e. The van der Waals surface area contributed by atoms with Crippen molar-refractivity contribution >= 4 is 5.69 Å². The van der Waals surface area contributed by atoms with E-state index in [2.05, 4.69) is 0 Å². The minimum atomic E-state index is -2.49. The van der Waals surface area contributed by atoms with Crippen molar-refractivity contribution in [1.29, 1.82) is 0 Å². The molecule has 0 bridgehead atoms. The van der Waals surface area contributed by atoms with Crippen molar-refractivity contribution in [3.05, 3.63) is 24.3 Å². The van der Waals surface area contributed by atoms with Crippen LogP contribution in [0, 0.1) is 0 Å². The van der Waals surface area contributed by atoms with Gasteiger partial charge in [0, 0.05) is 24.8 Å². The SMILES string of the molecule is COc1cccc(N2CCCC(N)(C(F)F)C2)c1. The molecule has 5 heteroatoms. The van der Waals surface area contributed by atoms with Crippen molar-refractivity contribution in [2.45, 2.75) is 24.8 Å². The number of rotatable bonds is 3. The molecule has 1 aromatic rings. The number of ether oxygens (including phenoxy) is 1. The first-order chi connectivity index (χ1) is 8.55. The predicted octanol–water partition coefficient (Wildman–Crippen LogP) is 2.26. The van der Waals surface area contributed by atoms with Gasteiger partial charge in [0.2, 0.25) is 0 Å². The topological polar surface area (TPSA) is 38.5 Å². The van der Waals surface area contributed by atoms with Gasteiger partial charge in [-0.2, -0.15) is 0 Å². The Hall–Kier alpha value is -1.36. The molecule has 2 rings (SSSR count). The highest BCUT2D eigenvalue weighted by Crippen LogP contribution is 2.30. The van der Waals surface area contributed by atoms with Gasteiger partial charge < -0.3 is 15.4 Å². The monoisotopic (exact) mass is 256 g/mol. The first-order valence-electron chi connectivity index (χ1n) is 6.01. The fourth-order valence-electron chi connectivity index (χ4n) is 2.32. The summed E-state index contributed by atoms with van der Waals surface area (Å²) >= 11 is 0. The zero-order chi connectivity index (χ0) is 13.2. The van der Waals surface area contributed by atoms with Crippen LogP contribution in [-0.4, -0.2) is 32.2 Å². The Bertz CT molecular complexity index is 414. The molecule has 1 fully saturated rings. The lowest BCUT2D eigenvalue weighted by molar-refractivity contribution is 0.0448. The Kier molecular flexibility index (Phi) is 3.71. The summed E-state index contributed by atoms with van der Waals surface area (Å²) < 4.78 is 31.1. The molecule has 0 saturated carbocycles. The zero-order valence-corrected chi connectivity index (χ0v) is 10.4. The Balaban J connectivity index is 2.17. The van der Waals surface area contributed by atoms with Gasteiger partial charge in [-0.05, 0) is 25.0 Å². The van der Waals surface area contributed by atoms with Gasteiger partial charge in [-0.3, -0.25) is 0 Å². The van der Waals surface area contributed by atoms with Gasteiger partial charge in [0.25, 0.3) is 6.43 Å². The average Bonchev–Trinajstić information content (AvgIpc) is 2.39. The quantitative estimate of drug-likeness (QED) is 0.901. The highest BCUT2D eigenvalue weighted by atomic mass is 19.3. The molecule has 0 radical (unpaired) electrons. The third-order valence-electron chi connectivity index (χ3n) is 3.41. The summed E-state index contributed by atoms with van der Waals surface area (Å²) in [6.07, 6.45) is -1.45. The number of methoxy groups -OCH3 is 1.